The molecule has 0 unspecified atom stereocenters. The predicted octanol–water partition coefficient (Wildman–Crippen LogP) is 1.73. The summed E-state index contributed by atoms with van der Waals surface area (Å²) in [7, 11) is 1.88. The summed E-state index contributed by atoms with van der Waals surface area (Å²) in [5.74, 6) is -0.804. The van der Waals surface area contributed by atoms with Gasteiger partial charge in [0, 0.05) is 19.6 Å². The minimum atomic E-state index is -0.910. The fourth-order valence-electron chi connectivity index (χ4n) is 2.24. The molecule has 1 amide bonds. The highest BCUT2D eigenvalue weighted by Gasteiger charge is 2.13. The van der Waals surface area contributed by atoms with E-state index in [1.54, 1.807) is 17.0 Å². The van der Waals surface area contributed by atoms with E-state index in [-0.39, 0.29) is 5.91 Å². The first-order valence-electron chi connectivity index (χ1n) is 7.27. The molecule has 0 aromatic heterocycles. The van der Waals surface area contributed by atoms with E-state index in [1.165, 1.54) is 0 Å². The van der Waals surface area contributed by atoms with Gasteiger partial charge in [0.1, 0.15) is 0 Å². The number of amides is 1. The van der Waals surface area contributed by atoms with Crippen molar-refractivity contribution in [3.63, 3.8) is 0 Å². The summed E-state index contributed by atoms with van der Waals surface area (Å²) >= 11 is 0. The molecule has 0 aliphatic heterocycles. The van der Waals surface area contributed by atoms with Gasteiger partial charge in [-0.3, -0.25) is 9.69 Å². The van der Waals surface area contributed by atoms with Gasteiger partial charge < -0.3 is 10.0 Å². The number of carbonyl (C=O) groups is 2. The second-order valence-corrected chi connectivity index (χ2v) is 5.02. The Labute approximate surface area is 126 Å². The topological polar surface area (TPSA) is 60.9 Å². The number of carbonyl (C=O) groups excluding carboxylic acids is 1. The highest BCUT2D eigenvalue weighted by atomic mass is 16.4. The molecule has 21 heavy (non-hydrogen) atoms. The Morgan fingerprint density at radius 2 is 1.76 bits per heavy atom. The van der Waals surface area contributed by atoms with Crippen LogP contribution >= 0.6 is 0 Å². The number of aromatic carboxylic acids is 1. The minimum absolute atomic E-state index is 0.106. The zero-order valence-electron chi connectivity index (χ0n) is 13.0. The van der Waals surface area contributed by atoms with Gasteiger partial charge in [0.05, 0.1) is 12.1 Å². The summed E-state index contributed by atoms with van der Waals surface area (Å²) in [5, 5.41) is 9.14. The number of nitrogens with zero attached hydrogens (tertiary/aromatic N) is 2. The summed E-state index contributed by atoms with van der Waals surface area (Å²) in [4.78, 5) is 26.9. The summed E-state index contributed by atoms with van der Waals surface area (Å²) in [6.45, 7) is 6.36. The molecule has 5 heteroatoms. The third-order valence-electron chi connectivity index (χ3n) is 3.53. The first-order valence-corrected chi connectivity index (χ1v) is 7.27. The van der Waals surface area contributed by atoms with Crippen molar-refractivity contribution in [1.82, 2.24) is 9.80 Å². The molecule has 5 nitrogen and oxygen atoms in total. The first-order chi connectivity index (χ1) is 9.99. The van der Waals surface area contributed by atoms with Crippen LogP contribution in [0.5, 0.6) is 0 Å². The number of hydrogen-bond acceptors (Lipinski definition) is 3. The lowest BCUT2D eigenvalue weighted by Crippen LogP contribution is -2.39. The second kappa shape index (κ2) is 8.42. The maximum absolute atomic E-state index is 12.0. The van der Waals surface area contributed by atoms with E-state index >= 15 is 0 Å². The molecule has 0 aliphatic carbocycles. The van der Waals surface area contributed by atoms with Gasteiger partial charge in [-0.2, -0.15) is 0 Å². The predicted molar refractivity (Wildman–Crippen MR) is 82.5 cm³/mol. The van der Waals surface area contributed by atoms with Crippen LogP contribution in [0.1, 0.15) is 29.8 Å². The Bertz CT molecular complexity index is 484. The van der Waals surface area contributed by atoms with Crippen LogP contribution in [0.4, 0.5) is 0 Å². The Balaban J connectivity index is 2.56. The lowest BCUT2D eigenvalue weighted by atomic mass is 10.0. The second-order valence-electron chi connectivity index (χ2n) is 5.02. The van der Waals surface area contributed by atoms with Crippen LogP contribution in [0.25, 0.3) is 0 Å². The Kier molecular flexibility index (Phi) is 6.88. The number of carboxylic acid groups (broad SMARTS) is 1. The van der Waals surface area contributed by atoms with Crippen LogP contribution < -0.4 is 0 Å². The van der Waals surface area contributed by atoms with Gasteiger partial charge in [-0.1, -0.05) is 18.2 Å². The van der Waals surface area contributed by atoms with Crippen molar-refractivity contribution in [2.45, 2.75) is 20.3 Å². The zero-order chi connectivity index (χ0) is 15.8. The average molecular weight is 292 g/mol. The molecule has 1 N–H and O–H groups in total. The Morgan fingerprint density at radius 1 is 1.14 bits per heavy atom. The van der Waals surface area contributed by atoms with Crippen LogP contribution in [0.2, 0.25) is 0 Å². The van der Waals surface area contributed by atoms with Gasteiger partial charge in [-0.15, -0.1) is 0 Å². The Hall–Kier alpha value is -1.88. The molecule has 116 valence electrons. The van der Waals surface area contributed by atoms with Crippen molar-refractivity contribution in [3.8, 4) is 0 Å². The molecule has 1 rings (SSSR count). The molecule has 0 saturated carbocycles. The van der Waals surface area contributed by atoms with Crippen LogP contribution in [0.15, 0.2) is 24.3 Å². The van der Waals surface area contributed by atoms with Crippen molar-refractivity contribution in [3.05, 3.63) is 35.4 Å². The van der Waals surface area contributed by atoms with Gasteiger partial charge in [-0.05, 0) is 38.9 Å². The van der Waals surface area contributed by atoms with E-state index in [0.29, 0.717) is 38.2 Å². The fraction of sp³-hybridized carbons (Fsp3) is 0.500. The summed E-state index contributed by atoms with van der Waals surface area (Å²) < 4.78 is 0. The summed E-state index contributed by atoms with van der Waals surface area (Å²) in [6.07, 6.45) is 0.616. The van der Waals surface area contributed by atoms with Crippen LogP contribution in [-0.2, 0) is 11.2 Å². The smallest absolute Gasteiger partial charge is 0.335 e. The number of rotatable bonds is 8. The molecule has 0 saturated heterocycles. The largest absolute Gasteiger partial charge is 0.478 e. The molecular formula is C16H24N2O3. The summed E-state index contributed by atoms with van der Waals surface area (Å²) in [5.41, 5.74) is 1.13. The van der Waals surface area contributed by atoms with Crippen LogP contribution in [0, 0.1) is 0 Å². The maximum Gasteiger partial charge on any atom is 0.335 e. The van der Waals surface area contributed by atoms with E-state index in [2.05, 4.69) is 0 Å². The van der Waals surface area contributed by atoms with Gasteiger partial charge in [0.25, 0.3) is 0 Å². The number of carboxylic acids is 1. The average Bonchev–Trinajstić information content (AvgIpc) is 2.46. The molecule has 0 aliphatic rings. The number of likely N-dealkylation sites (N-methyl/N-ethyl adjacent to an activating group) is 2. The monoisotopic (exact) mass is 292 g/mol. The minimum Gasteiger partial charge on any atom is -0.478 e. The highest BCUT2D eigenvalue weighted by Crippen LogP contribution is 2.10. The molecule has 0 fully saturated rings. The number of benzene rings is 1. The lowest BCUT2D eigenvalue weighted by molar-refractivity contribution is -0.131. The Morgan fingerprint density at radius 3 is 2.33 bits per heavy atom. The van der Waals surface area contributed by atoms with Crippen molar-refractivity contribution in [2.24, 2.45) is 0 Å². The third-order valence-corrected chi connectivity index (χ3v) is 3.53. The number of hydrogen-bond donors (Lipinski definition) is 1. The van der Waals surface area contributed by atoms with Crippen molar-refractivity contribution in [2.75, 3.05) is 33.2 Å². The van der Waals surface area contributed by atoms with Crippen LogP contribution in [0.3, 0.4) is 0 Å². The standard InChI is InChI=1S/C16H24N2O3/c1-4-18(5-2)15(19)12-17(3)11-10-13-8-6-7-9-14(13)16(20)21/h6-9H,4-5,10-12H2,1-3H3,(H,20,21). The summed E-state index contributed by atoms with van der Waals surface area (Å²) in [6, 6.07) is 6.99. The van der Waals surface area contributed by atoms with Gasteiger partial charge in [0.15, 0.2) is 0 Å². The van der Waals surface area contributed by atoms with Crippen molar-refractivity contribution >= 4 is 11.9 Å². The van der Waals surface area contributed by atoms with Crippen molar-refractivity contribution in [1.29, 1.82) is 0 Å². The molecule has 0 bridgehead atoms. The lowest BCUT2D eigenvalue weighted by Gasteiger charge is -2.23. The molecular weight excluding hydrogens is 268 g/mol. The van der Waals surface area contributed by atoms with Gasteiger partial charge in [0.2, 0.25) is 5.91 Å². The zero-order valence-corrected chi connectivity index (χ0v) is 13.0. The quantitative estimate of drug-likeness (QED) is 0.792. The molecule has 1 aromatic carbocycles. The van der Waals surface area contributed by atoms with E-state index in [1.807, 2.05) is 37.9 Å². The van der Waals surface area contributed by atoms with E-state index < -0.39 is 5.97 Å². The van der Waals surface area contributed by atoms with Crippen molar-refractivity contribution < 1.29 is 14.7 Å². The highest BCUT2D eigenvalue weighted by molar-refractivity contribution is 5.89. The molecule has 0 spiro atoms. The van der Waals surface area contributed by atoms with E-state index in [0.717, 1.165) is 5.56 Å². The van der Waals surface area contributed by atoms with Gasteiger partial charge in [-0.25, -0.2) is 4.79 Å². The molecule has 0 radical (unpaired) electrons. The molecule has 0 atom stereocenters. The van der Waals surface area contributed by atoms with Crippen LogP contribution in [-0.4, -0.2) is 60.0 Å². The normalized spacial score (nSPS) is 10.7. The van der Waals surface area contributed by atoms with Gasteiger partial charge >= 0.3 is 5.97 Å². The van der Waals surface area contributed by atoms with E-state index in [4.69, 9.17) is 5.11 Å². The SMILES string of the molecule is CCN(CC)C(=O)CN(C)CCc1ccccc1C(=O)O. The third kappa shape index (κ3) is 5.19. The molecule has 1 aromatic rings. The molecule has 0 heterocycles. The fourth-order valence-corrected chi connectivity index (χ4v) is 2.24. The van der Waals surface area contributed by atoms with E-state index in [9.17, 15) is 9.59 Å². The maximum atomic E-state index is 12.0. The first kappa shape index (κ1) is 17.2.